The van der Waals surface area contributed by atoms with Crippen LogP contribution in [0.1, 0.15) is 13.3 Å². The maximum Gasteiger partial charge on any atom is 0.303 e. The van der Waals surface area contributed by atoms with Crippen molar-refractivity contribution in [3.63, 3.8) is 0 Å². The van der Waals surface area contributed by atoms with Crippen molar-refractivity contribution in [1.29, 1.82) is 0 Å². The molecule has 0 radical (unpaired) electrons. The first-order valence-electron chi connectivity index (χ1n) is 5.28. The van der Waals surface area contributed by atoms with Crippen molar-refractivity contribution in [3.8, 4) is 11.5 Å². The summed E-state index contributed by atoms with van der Waals surface area (Å²) in [6, 6.07) is 8.79. The van der Waals surface area contributed by atoms with Gasteiger partial charge in [-0.2, -0.15) is 0 Å². The molecule has 0 heterocycles. The summed E-state index contributed by atoms with van der Waals surface area (Å²) < 4.78 is 0. The SMILES string of the molecule is CCC(=O)O.Oc1c(Cl)cc2ccccc2c1O. The molecule has 0 aliphatic heterocycles. The topological polar surface area (TPSA) is 77.8 Å². The molecule has 0 saturated carbocycles. The number of rotatable bonds is 1. The summed E-state index contributed by atoms with van der Waals surface area (Å²) in [5, 5.41) is 28.1. The fraction of sp³-hybridized carbons (Fsp3) is 0.154. The molecule has 0 aliphatic carbocycles. The van der Waals surface area contributed by atoms with Crippen molar-refractivity contribution in [2.75, 3.05) is 0 Å². The second-order valence-electron chi connectivity index (χ2n) is 3.52. The van der Waals surface area contributed by atoms with Crippen molar-refractivity contribution in [3.05, 3.63) is 35.4 Å². The first-order valence-corrected chi connectivity index (χ1v) is 5.66. The molecule has 5 heteroatoms. The smallest absolute Gasteiger partial charge is 0.303 e. The van der Waals surface area contributed by atoms with Gasteiger partial charge in [0, 0.05) is 11.8 Å². The number of carbonyl (C=O) groups is 1. The summed E-state index contributed by atoms with van der Waals surface area (Å²) in [6.45, 7) is 1.60. The maximum absolute atomic E-state index is 9.50. The predicted molar refractivity (Wildman–Crippen MR) is 70.2 cm³/mol. The second-order valence-corrected chi connectivity index (χ2v) is 3.93. The van der Waals surface area contributed by atoms with Gasteiger partial charge in [0.1, 0.15) is 0 Å². The van der Waals surface area contributed by atoms with Crippen LogP contribution in [0.2, 0.25) is 5.02 Å². The number of aromatic hydroxyl groups is 2. The third-order valence-corrected chi connectivity index (χ3v) is 2.54. The van der Waals surface area contributed by atoms with Crippen molar-refractivity contribution >= 4 is 28.3 Å². The highest BCUT2D eigenvalue weighted by Gasteiger charge is 2.08. The second kappa shape index (κ2) is 6.12. The highest BCUT2D eigenvalue weighted by Crippen LogP contribution is 2.39. The number of carboxylic acid groups (broad SMARTS) is 1. The van der Waals surface area contributed by atoms with Crippen LogP contribution in [0.15, 0.2) is 30.3 Å². The summed E-state index contributed by atoms with van der Waals surface area (Å²) in [7, 11) is 0. The van der Waals surface area contributed by atoms with Gasteiger partial charge in [-0.05, 0) is 11.5 Å². The van der Waals surface area contributed by atoms with E-state index in [-0.39, 0.29) is 22.9 Å². The van der Waals surface area contributed by atoms with Crippen molar-refractivity contribution in [2.24, 2.45) is 0 Å². The van der Waals surface area contributed by atoms with Gasteiger partial charge in [0.15, 0.2) is 11.5 Å². The Bertz CT molecular complexity index is 566. The summed E-state index contributed by atoms with van der Waals surface area (Å²) in [4.78, 5) is 9.37. The van der Waals surface area contributed by atoms with Crippen LogP contribution >= 0.6 is 11.6 Å². The molecule has 3 N–H and O–H groups in total. The monoisotopic (exact) mass is 268 g/mol. The number of hydrogen-bond acceptors (Lipinski definition) is 3. The predicted octanol–water partition coefficient (Wildman–Crippen LogP) is 3.39. The lowest BCUT2D eigenvalue weighted by atomic mass is 10.1. The zero-order valence-electron chi connectivity index (χ0n) is 9.72. The molecule has 2 rings (SSSR count). The van der Waals surface area contributed by atoms with Crippen LogP contribution in [0.4, 0.5) is 0 Å². The number of fused-ring (bicyclic) bond motifs is 1. The van der Waals surface area contributed by atoms with Crippen LogP contribution in [0, 0.1) is 0 Å². The Morgan fingerprint density at radius 3 is 2.33 bits per heavy atom. The van der Waals surface area contributed by atoms with Gasteiger partial charge in [-0.3, -0.25) is 4.79 Å². The van der Waals surface area contributed by atoms with E-state index in [1.165, 1.54) is 0 Å². The van der Waals surface area contributed by atoms with Crippen LogP contribution < -0.4 is 0 Å². The van der Waals surface area contributed by atoms with Gasteiger partial charge in [-0.25, -0.2) is 0 Å². The third-order valence-electron chi connectivity index (χ3n) is 2.25. The molecule has 4 nitrogen and oxygen atoms in total. The van der Waals surface area contributed by atoms with E-state index in [1.54, 1.807) is 25.1 Å². The Morgan fingerprint density at radius 2 is 1.78 bits per heavy atom. The molecule has 0 spiro atoms. The maximum atomic E-state index is 9.50. The molecule has 0 fully saturated rings. The largest absolute Gasteiger partial charge is 0.504 e. The van der Waals surface area contributed by atoms with Crippen LogP contribution in [0.25, 0.3) is 10.8 Å². The summed E-state index contributed by atoms with van der Waals surface area (Å²) >= 11 is 5.68. The lowest BCUT2D eigenvalue weighted by Gasteiger charge is -2.04. The Morgan fingerprint density at radius 1 is 1.22 bits per heavy atom. The van der Waals surface area contributed by atoms with E-state index in [0.717, 1.165) is 5.39 Å². The molecular formula is C13H13ClO4. The van der Waals surface area contributed by atoms with E-state index in [9.17, 15) is 15.0 Å². The Balaban J connectivity index is 0.000000280. The summed E-state index contributed by atoms with van der Waals surface area (Å²) in [6.07, 6.45) is 0.222. The van der Waals surface area contributed by atoms with Crippen LogP contribution in [0.3, 0.4) is 0 Å². The van der Waals surface area contributed by atoms with E-state index >= 15 is 0 Å². The molecule has 0 unspecified atom stereocenters. The van der Waals surface area contributed by atoms with Crippen LogP contribution in [0.5, 0.6) is 11.5 Å². The highest BCUT2D eigenvalue weighted by atomic mass is 35.5. The lowest BCUT2D eigenvalue weighted by Crippen LogP contribution is -1.86. The Hall–Kier alpha value is -1.94. The van der Waals surface area contributed by atoms with Gasteiger partial charge >= 0.3 is 5.97 Å². The molecular weight excluding hydrogens is 256 g/mol. The summed E-state index contributed by atoms with van der Waals surface area (Å²) in [5.74, 6) is -1.17. The quantitative estimate of drug-likeness (QED) is 0.693. The van der Waals surface area contributed by atoms with Gasteiger partial charge < -0.3 is 15.3 Å². The number of hydrogen-bond donors (Lipinski definition) is 3. The molecule has 2 aromatic rings. The minimum Gasteiger partial charge on any atom is -0.504 e. The molecule has 18 heavy (non-hydrogen) atoms. The van der Waals surface area contributed by atoms with E-state index in [4.69, 9.17) is 16.7 Å². The number of phenolic OH excluding ortho intramolecular Hbond substituents is 2. The number of aliphatic carboxylic acids is 1. The molecule has 0 bridgehead atoms. The molecule has 0 amide bonds. The van der Waals surface area contributed by atoms with Gasteiger partial charge in [0.25, 0.3) is 0 Å². The molecule has 2 aromatic carbocycles. The van der Waals surface area contributed by atoms with Crippen LogP contribution in [-0.4, -0.2) is 21.3 Å². The zero-order valence-corrected chi connectivity index (χ0v) is 10.5. The first-order chi connectivity index (χ1) is 8.47. The fourth-order valence-electron chi connectivity index (χ4n) is 1.28. The average Bonchev–Trinajstić information content (AvgIpc) is 2.37. The van der Waals surface area contributed by atoms with E-state index in [1.807, 2.05) is 12.1 Å². The van der Waals surface area contributed by atoms with Gasteiger partial charge in [0.2, 0.25) is 0 Å². The van der Waals surface area contributed by atoms with Gasteiger partial charge in [-0.15, -0.1) is 0 Å². The Labute approximate surface area is 109 Å². The fourth-order valence-corrected chi connectivity index (χ4v) is 1.49. The van der Waals surface area contributed by atoms with Crippen molar-refractivity contribution in [2.45, 2.75) is 13.3 Å². The third kappa shape index (κ3) is 3.28. The number of halogens is 1. The van der Waals surface area contributed by atoms with Crippen molar-refractivity contribution in [1.82, 2.24) is 0 Å². The number of benzene rings is 2. The summed E-state index contributed by atoms with van der Waals surface area (Å²) in [5.41, 5.74) is 0. The number of carboxylic acids is 1. The normalized spacial score (nSPS) is 9.67. The van der Waals surface area contributed by atoms with E-state index in [2.05, 4.69) is 0 Å². The first kappa shape index (κ1) is 14.1. The van der Waals surface area contributed by atoms with E-state index < -0.39 is 5.97 Å². The van der Waals surface area contributed by atoms with Gasteiger partial charge in [-0.1, -0.05) is 42.8 Å². The zero-order chi connectivity index (χ0) is 13.7. The van der Waals surface area contributed by atoms with E-state index in [0.29, 0.717) is 5.39 Å². The van der Waals surface area contributed by atoms with Gasteiger partial charge in [0.05, 0.1) is 5.02 Å². The average molecular weight is 269 g/mol. The Kier molecular flexibility index (Phi) is 4.80. The van der Waals surface area contributed by atoms with Crippen molar-refractivity contribution < 1.29 is 20.1 Å². The minimum atomic E-state index is -0.745. The molecule has 0 aliphatic rings. The molecule has 0 saturated heterocycles. The standard InChI is InChI=1S/C10H7ClO2.C3H6O2/c11-8-5-6-3-1-2-4-7(6)9(12)10(8)13;1-2-3(4)5/h1-5,12-13H;2H2,1H3,(H,4,5). The van der Waals surface area contributed by atoms with Crippen LogP contribution in [-0.2, 0) is 4.79 Å². The molecule has 0 aromatic heterocycles. The molecule has 0 atom stereocenters. The highest BCUT2D eigenvalue weighted by molar-refractivity contribution is 6.33. The number of phenols is 2. The minimum absolute atomic E-state index is 0.163. The molecule has 96 valence electrons. The lowest BCUT2D eigenvalue weighted by molar-refractivity contribution is -0.136.